The number of anilines is 1. The fourth-order valence-electron chi connectivity index (χ4n) is 1.94. The van der Waals surface area contributed by atoms with E-state index in [1.54, 1.807) is 6.20 Å². The lowest BCUT2D eigenvalue weighted by atomic mass is 10.0. The Balaban J connectivity index is 2.31. The summed E-state index contributed by atoms with van der Waals surface area (Å²) in [5, 5.41) is 6.61. The number of aromatic nitrogens is 2. The number of hydrogen-bond donors (Lipinski definition) is 4. The van der Waals surface area contributed by atoms with Crippen molar-refractivity contribution >= 4 is 5.82 Å². The molecule has 1 aromatic heterocycles. The lowest BCUT2D eigenvalue weighted by Gasteiger charge is -2.17. The van der Waals surface area contributed by atoms with Crippen molar-refractivity contribution < 1.29 is 4.74 Å². The zero-order valence-corrected chi connectivity index (χ0v) is 11.1. The van der Waals surface area contributed by atoms with Crippen LogP contribution in [-0.2, 0) is 0 Å². The van der Waals surface area contributed by atoms with Crippen LogP contribution in [-0.4, -0.2) is 16.3 Å². The number of rotatable bonds is 5. The molecule has 0 bridgehead atoms. The highest BCUT2D eigenvalue weighted by atomic mass is 16.5. The van der Waals surface area contributed by atoms with Gasteiger partial charge in [0.1, 0.15) is 11.6 Å². The van der Waals surface area contributed by atoms with E-state index in [1.807, 2.05) is 38.1 Å². The summed E-state index contributed by atoms with van der Waals surface area (Å²) in [5.41, 5.74) is 10.4. The number of nitrogens with two attached hydrogens (primary N) is 2. The van der Waals surface area contributed by atoms with E-state index >= 15 is 0 Å². The van der Waals surface area contributed by atoms with E-state index in [-0.39, 0.29) is 12.1 Å². The summed E-state index contributed by atoms with van der Waals surface area (Å²) in [5.74, 6) is 6.93. The summed E-state index contributed by atoms with van der Waals surface area (Å²) in [4.78, 5) is 0. The van der Waals surface area contributed by atoms with Crippen molar-refractivity contribution in [1.82, 2.24) is 15.6 Å². The van der Waals surface area contributed by atoms with Crippen molar-refractivity contribution in [2.45, 2.75) is 26.0 Å². The second-order valence-electron chi connectivity index (χ2n) is 4.58. The smallest absolute Gasteiger partial charge is 0.124 e. The second-order valence-corrected chi connectivity index (χ2v) is 4.58. The third-order valence-corrected chi connectivity index (χ3v) is 2.74. The summed E-state index contributed by atoms with van der Waals surface area (Å²) < 4.78 is 5.67. The van der Waals surface area contributed by atoms with Gasteiger partial charge < -0.3 is 10.5 Å². The van der Waals surface area contributed by atoms with E-state index < -0.39 is 0 Å². The first-order valence-electron chi connectivity index (χ1n) is 6.13. The van der Waals surface area contributed by atoms with E-state index in [9.17, 15) is 0 Å². The summed E-state index contributed by atoms with van der Waals surface area (Å²) in [7, 11) is 0. The number of benzene rings is 1. The van der Waals surface area contributed by atoms with Gasteiger partial charge in [0.05, 0.1) is 18.3 Å². The molecule has 0 aliphatic rings. The van der Waals surface area contributed by atoms with Gasteiger partial charge in [0, 0.05) is 5.56 Å². The molecular formula is C13H19N5O. The molecule has 0 amide bonds. The lowest BCUT2D eigenvalue weighted by Crippen LogP contribution is -2.29. The SMILES string of the molecule is CC(C)Oc1cccc(C(NN)c2cn[nH]c2N)c1. The van der Waals surface area contributed by atoms with Gasteiger partial charge in [-0.3, -0.25) is 10.9 Å². The molecule has 2 aromatic rings. The minimum Gasteiger partial charge on any atom is -0.491 e. The highest BCUT2D eigenvalue weighted by Crippen LogP contribution is 2.27. The van der Waals surface area contributed by atoms with Crippen molar-refractivity contribution in [3.63, 3.8) is 0 Å². The monoisotopic (exact) mass is 261 g/mol. The number of nitrogen functional groups attached to an aromatic ring is 1. The molecular weight excluding hydrogens is 242 g/mol. The van der Waals surface area contributed by atoms with Crippen LogP contribution in [0.4, 0.5) is 5.82 Å². The summed E-state index contributed by atoms with van der Waals surface area (Å²) >= 11 is 0. The Morgan fingerprint density at radius 3 is 2.74 bits per heavy atom. The molecule has 102 valence electrons. The van der Waals surface area contributed by atoms with Gasteiger partial charge >= 0.3 is 0 Å². The van der Waals surface area contributed by atoms with Crippen molar-refractivity contribution in [3.8, 4) is 5.75 Å². The van der Waals surface area contributed by atoms with Crippen LogP contribution in [0.1, 0.15) is 31.0 Å². The van der Waals surface area contributed by atoms with E-state index in [0.29, 0.717) is 5.82 Å². The summed E-state index contributed by atoms with van der Waals surface area (Å²) in [6, 6.07) is 7.51. The van der Waals surface area contributed by atoms with Gasteiger partial charge in [0.15, 0.2) is 0 Å². The zero-order valence-electron chi connectivity index (χ0n) is 11.1. The van der Waals surface area contributed by atoms with Gasteiger partial charge in [-0.1, -0.05) is 12.1 Å². The predicted octanol–water partition coefficient (Wildman–Crippen LogP) is 1.33. The zero-order chi connectivity index (χ0) is 13.8. The predicted molar refractivity (Wildman–Crippen MR) is 74.4 cm³/mol. The van der Waals surface area contributed by atoms with Crippen LogP contribution in [0.5, 0.6) is 5.75 Å². The Bertz CT molecular complexity index is 537. The summed E-state index contributed by atoms with van der Waals surface area (Å²) in [6.45, 7) is 3.97. The molecule has 6 nitrogen and oxygen atoms in total. The Labute approximate surface area is 112 Å². The second kappa shape index (κ2) is 5.73. The molecule has 1 atom stereocenters. The van der Waals surface area contributed by atoms with Crippen LogP contribution in [0.15, 0.2) is 30.5 Å². The van der Waals surface area contributed by atoms with Crippen LogP contribution < -0.4 is 21.7 Å². The Morgan fingerprint density at radius 1 is 1.37 bits per heavy atom. The third-order valence-electron chi connectivity index (χ3n) is 2.74. The first-order valence-corrected chi connectivity index (χ1v) is 6.13. The normalized spacial score (nSPS) is 12.6. The minimum absolute atomic E-state index is 0.124. The molecule has 19 heavy (non-hydrogen) atoms. The maximum Gasteiger partial charge on any atom is 0.124 e. The number of nitrogens with one attached hydrogen (secondary N) is 2. The van der Waals surface area contributed by atoms with Gasteiger partial charge in [0.25, 0.3) is 0 Å². The highest BCUT2D eigenvalue weighted by molar-refractivity contribution is 5.45. The minimum atomic E-state index is -0.227. The fraction of sp³-hybridized carbons (Fsp3) is 0.308. The van der Waals surface area contributed by atoms with Crippen LogP contribution in [0.2, 0.25) is 0 Å². The molecule has 6 heteroatoms. The van der Waals surface area contributed by atoms with Gasteiger partial charge in [-0.25, -0.2) is 5.43 Å². The van der Waals surface area contributed by atoms with E-state index in [2.05, 4.69) is 15.6 Å². The molecule has 1 aromatic carbocycles. The van der Waals surface area contributed by atoms with Crippen molar-refractivity contribution in [3.05, 3.63) is 41.6 Å². The molecule has 2 rings (SSSR count). The highest BCUT2D eigenvalue weighted by Gasteiger charge is 2.17. The number of H-pyrrole nitrogens is 1. The molecule has 0 spiro atoms. The molecule has 0 saturated carbocycles. The Morgan fingerprint density at radius 2 is 2.16 bits per heavy atom. The van der Waals surface area contributed by atoms with Gasteiger partial charge in [-0.05, 0) is 31.5 Å². The Kier molecular flexibility index (Phi) is 4.03. The maximum absolute atomic E-state index is 5.83. The third kappa shape index (κ3) is 3.04. The number of nitrogens with zero attached hydrogens (tertiary/aromatic N) is 1. The van der Waals surface area contributed by atoms with E-state index in [4.69, 9.17) is 16.3 Å². The van der Waals surface area contributed by atoms with Crippen LogP contribution >= 0.6 is 0 Å². The average Bonchev–Trinajstić information content (AvgIpc) is 2.77. The van der Waals surface area contributed by atoms with Gasteiger partial charge in [0.2, 0.25) is 0 Å². The first-order chi connectivity index (χ1) is 9.11. The van der Waals surface area contributed by atoms with E-state index in [0.717, 1.165) is 16.9 Å². The van der Waals surface area contributed by atoms with Crippen LogP contribution in [0, 0.1) is 0 Å². The molecule has 1 heterocycles. The number of hydrazine groups is 1. The molecule has 6 N–H and O–H groups in total. The molecule has 0 aliphatic carbocycles. The lowest BCUT2D eigenvalue weighted by molar-refractivity contribution is 0.242. The number of aromatic amines is 1. The van der Waals surface area contributed by atoms with Crippen molar-refractivity contribution in [2.75, 3.05) is 5.73 Å². The van der Waals surface area contributed by atoms with E-state index in [1.165, 1.54) is 0 Å². The molecule has 0 saturated heterocycles. The standard InChI is InChI=1S/C13H19N5O/c1-8(2)19-10-5-3-4-9(6-10)12(17-15)11-7-16-18-13(11)14/h3-8,12,17H,15H2,1-2H3,(H3,14,16,18). The molecule has 1 unspecified atom stereocenters. The maximum atomic E-state index is 5.83. The van der Waals surface area contributed by atoms with Crippen molar-refractivity contribution in [2.24, 2.45) is 5.84 Å². The average molecular weight is 261 g/mol. The van der Waals surface area contributed by atoms with Crippen LogP contribution in [0.25, 0.3) is 0 Å². The molecule has 0 radical (unpaired) electrons. The van der Waals surface area contributed by atoms with Crippen molar-refractivity contribution in [1.29, 1.82) is 0 Å². The fourth-order valence-corrected chi connectivity index (χ4v) is 1.94. The first kappa shape index (κ1) is 13.4. The largest absolute Gasteiger partial charge is 0.491 e. The Hall–Kier alpha value is -2.05. The summed E-state index contributed by atoms with van der Waals surface area (Å²) in [6.07, 6.45) is 1.79. The number of ether oxygens (including phenoxy) is 1. The quantitative estimate of drug-likeness (QED) is 0.480. The van der Waals surface area contributed by atoms with Gasteiger partial charge in [-0.2, -0.15) is 5.10 Å². The molecule has 0 aliphatic heterocycles. The topological polar surface area (TPSA) is 102 Å². The molecule has 0 fully saturated rings. The number of hydrogen-bond acceptors (Lipinski definition) is 5. The van der Waals surface area contributed by atoms with Crippen LogP contribution in [0.3, 0.4) is 0 Å². The van der Waals surface area contributed by atoms with Gasteiger partial charge in [-0.15, -0.1) is 0 Å².